The van der Waals surface area contributed by atoms with Gasteiger partial charge in [-0.25, -0.2) is 0 Å². The Balaban J connectivity index is 1.48. The molecule has 1 fully saturated rings. The minimum Gasteiger partial charge on any atom is -0.385 e. The van der Waals surface area contributed by atoms with Gasteiger partial charge in [0.1, 0.15) is 0 Å². The lowest BCUT2D eigenvalue weighted by molar-refractivity contribution is -0.143. The van der Waals surface area contributed by atoms with E-state index in [-0.39, 0.29) is 24.4 Å². The van der Waals surface area contributed by atoms with Crippen LogP contribution in [-0.4, -0.2) is 59.0 Å². The normalized spacial score (nSPS) is 13.8. The number of carbonyl (C=O) groups is 2. The minimum absolute atomic E-state index is 0.0236. The van der Waals surface area contributed by atoms with E-state index in [2.05, 4.69) is 68.0 Å². The maximum atomic E-state index is 14.0. The highest BCUT2D eigenvalue weighted by atomic mass is 79.9. The Bertz CT molecular complexity index is 1190. The number of ether oxygens (including phenoxy) is 1. The van der Waals surface area contributed by atoms with Gasteiger partial charge >= 0.3 is 0 Å². The molecule has 1 heterocycles. The van der Waals surface area contributed by atoms with Crippen LogP contribution in [0.15, 0.2) is 77.4 Å². The number of carbonyl (C=O) groups excluding carboxylic acids is 2. The maximum Gasteiger partial charge on any atom is 0.242 e. The number of rotatable bonds is 14. The summed E-state index contributed by atoms with van der Waals surface area (Å²) in [6.07, 6.45) is 9.40. The number of methoxy groups -OCH3 is 1. The standard InChI is InChI=1S/C33H42BrN3O3/c1-40-23-9-22-36(32(38)20-17-27-10-4-2-5-11-27)26-33(39)37(30-12-6-3-7-13-30)25-31-14-8-21-35(31)24-28-15-18-29(34)19-16-28/h2,4-5,8,10-11,14-16,18-19,21,30H,3,6-7,9,12-13,17,20,22-26H2,1H3. The van der Waals surface area contributed by atoms with Crippen molar-refractivity contribution in [2.24, 2.45) is 0 Å². The van der Waals surface area contributed by atoms with Crippen molar-refractivity contribution in [2.45, 2.75) is 70.5 Å². The predicted molar refractivity (Wildman–Crippen MR) is 163 cm³/mol. The first kappa shape index (κ1) is 30.1. The monoisotopic (exact) mass is 607 g/mol. The number of aryl methyl sites for hydroxylation is 1. The molecule has 1 aliphatic carbocycles. The largest absolute Gasteiger partial charge is 0.385 e. The van der Waals surface area contributed by atoms with E-state index in [0.29, 0.717) is 39.0 Å². The number of benzene rings is 2. The number of halogens is 1. The molecule has 2 aromatic carbocycles. The summed E-state index contributed by atoms with van der Waals surface area (Å²) in [5, 5.41) is 0. The summed E-state index contributed by atoms with van der Waals surface area (Å²) in [5.41, 5.74) is 3.46. The molecule has 7 heteroatoms. The fourth-order valence-corrected chi connectivity index (χ4v) is 5.79. The molecule has 1 aromatic heterocycles. The van der Waals surface area contributed by atoms with Gasteiger partial charge in [-0.1, -0.05) is 77.7 Å². The zero-order chi connectivity index (χ0) is 28.2. The molecule has 0 atom stereocenters. The van der Waals surface area contributed by atoms with Crippen LogP contribution in [0.5, 0.6) is 0 Å². The molecule has 2 amide bonds. The molecular weight excluding hydrogens is 566 g/mol. The summed E-state index contributed by atoms with van der Waals surface area (Å²) in [4.78, 5) is 31.1. The van der Waals surface area contributed by atoms with Crippen molar-refractivity contribution in [3.8, 4) is 0 Å². The highest BCUT2D eigenvalue weighted by Crippen LogP contribution is 2.25. The Morgan fingerprint density at radius 1 is 0.925 bits per heavy atom. The molecule has 3 aromatic rings. The van der Waals surface area contributed by atoms with Crippen LogP contribution in [0.1, 0.15) is 61.8 Å². The maximum absolute atomic E-state index is 14.0. The van der Waals surface area contributed by atoms with Crippen LogP contribution in [-0.2, 0) is 33.8 Å². The first-order valence-electron chi connectivity index (χ1n) is 14.5. The van der Waals surface area contributed by atoms with E-state index in [4.69, 9.17) is 4.74 Å². The number of amides is 2. The van der Waals surface area contributed by atoms with E-state index in [0.717, 1.165) is 48.0 Å². The fraction of sp³-hybridized carbons (Fsp3) is 0.455. The summed E-state index contributed by atoms with van der Waals surface area (Å²) in [7, 11) is 1.67. The molecule has 0 saturated heterocycles. The van der Waals surface area contributed by atoms with E-state index in [1.807, 2.05) is 30.3 Å². The molecule has 0 unspecified atom stereocenters. The van der Waals surface area contributed by atoms with E-state index >= 15 is 0 Å². The second-order valence-electron chi connectivity index (χ2n) is 10.7. The van der Waals surface area contributed by atoms with E-state index in [1.54, 1.807) is 12.0 Å². The zero-order valence-corrected chi connectivity index (χ0v) is 25.2. The molecule has 40 heavy (non-hydrogen) atoms. The van der Waals surface area contributed by atoms with Crippen molar-refractivity contribution in [2.75, 3.05) is 26.8 Å². The Kier molecular flexibility index (Phi) is 11.9. The van der Waals surface area contributed by atoms with Crippen molar-refractivity contribution < 1.29 is 14.3 Å². The van der Waals surface area contributed by atoms with Crippen LogP contribution in [0.4, 0.5) is 0 Å². The third kappa shape index (κ3) is 9.07. The second kappa shape index (κ2) is 15.8. The van der Waals surface area contributed by atoms with Crippen molar-refractivity contribution in [3.63, 3.8) is 0 Å². The van der Waals surface area contributed by atoms with Crippen molar-refractivity contribution in [1.82, 2.24) is 14.4 Å². The van der Waals surface area contributed by atoms with Gasteiger partial charge in [-0.3, -0.25) is 9.59 Å². The average Bonchev–Trinajstić information content (AvgIpc) is 3.42. The molecule has 0 spiro atoms. The van der Waals surface area contributed by atoms with Crippen LogP contribution in [0.3, 0.4) is 0 Å². The molecule has 0 radical (unpaired) electrons. The number of nitrogens with zero attached hydrogens (tertiary/aromatic N) is 3. The number of aromatic nitrogens is 1. The molecule has 0 bridgehead atoms. The van der Waals surface area contributed by atoms with Crippen LogP contribution in [0.2, 0.25) is 0 Å². The van der Waals surface area contributed by atoms with Gasteiger partial charge in [-0.15, -0.1) is 0 Å². The SMILES string of the molecule is COCCCN(CC(=O)N(Cc1cccn1Cc1ccc(Br)cc1)C1CCCCC1)C(=O)CCc1ccccc1. The molecule has 1 saturated carbocycles. The zero-order valence-electron chi connectivity index (χ0n) is 23.6. The van der Waals surface area contributed by atoms with Crippen molar-refractivity contribution in [3.05, 3.63) is 94.2 Å². The van der Waals surface area contributed by atoms with Crippen LogP contribution in [0.25, 0.3) is 0 Å². The van der Waals surface area contributed by atoms with Gasteiger partial charge in [0, 0.05) is 55.6 Å². The summed E-state index contributed by atoms with van der Waals surface area (Å²) < 4.78 is 8.54. The molecule has 1 aliphatic rings. The smallest absolute Gasteiger partial charge is 0.242 e. The first-order valence-corrected chi connectivity index (χ1v) is 15.3. The lowest BCUT2D eigenvalue weighted by Crippen LogP contribution is -2.48. The van der Waals surface area contributed by atoms with E-state index in [1.165, 1.54) is 12.0 Å². The Morgan fingerprint density at radius 2 is 1.68 bits per heavy atom. The molecule has 0 N–H and O–H groups in total. The van der Waals surface area contributed by atoms with Gasteiger partial charge in [-0.2, -0.15) is 0 Å². The van der Waals surface area contributed by atoms with Gasteiger partial charge in [0.25, 0.3) is 0 Å². The first-order chi connectivity index (χ1) is 19.5. The second-order valence-corrected chi connectivity index (χ2v) is 11.6. The van der Waals surface area contributed by atoms with Gasteiger partial charge in [-0.05, 0) is 61.1 Å². The number of hydrogen-bond donors (Lipinski definition) is 0. The van der Waals surface area contributed by atoms with Gasteiger partial charge in [0.05, 0.1) is 13.1 Å². The molecular formula is C33H42BrN3O3. The lowest BCUT2D eigenvalue weighted by Gasteiger charge is -2.36. The van der Waals surface area contributed by atoms with E-state index in [9.17, 15) is 9.59 Å². The van der Waals surface area contributed by atoms with Crippen LogP contribution < -0.4 is 0 Å². The molecule has 0 aliphatic heterocycles. The quantitative estimate of drug-likeness (QED) is 0.198. The van der Waals surface area contributed by atoms with E-state index < -0.39 is 0 Å². The van der Waals surface area contributed by atoms with Crippen LogP contribution in [0, 0.1) is 0 Å². The minimum atomic E-state index is 0.0236. The molecule has 6 nitrogen and oxygen atoms in total. The highest BCUT2D eigenvalue weighted by Gasteiger charge is 2.28. The Morgan fingerprint density at radius 3 is 2.40 bits per heavy atom. The van der Waals surface area contributed by atoms with Gasteiger partial charge in [0.15, 0.2) is 0 Å². The third-order valence-electron chi connectivity index (χ3n) is 7.78. The summed E-state index contributed by atoms with van der Waals surface area (Å²) in [5.74, 6) is 0.0595. The van der Waals surface area contributed by atoms with Gasteiger partial charge in [0.2, 0.25) is 11.8 Å². The summed E-state index contributed by atoms with van der Waals surface area (Å²) >= 11 is 3.52. The predicted octanol–water partition coefficient (Wildman–Crippen LogP) is 6.46. The van der Waals surface area contributed by atoms with Crippen molar-refractivity contribution >= 4 is 27.7 Å². The molecule has 4 rings (SSSR count). The van der Waals surface area contributed by atoms with Crippen LogP contribution >= 0.6 is 15.9 Å². The van der Waals surface area contributed by atoms with Crippen molar-refractivity contribution in [1.29, 1.82) is 0 Å². The average molecular weight is 609 g/mol. The Hall–Kier alpha value is -2.90. The lowest BCUT2D eigenvalue weighted by atomic mass is 9.94. The molecule has 214 valence electrons. The topological polar surface area (TPSA) is 54.8 Å². The van der Waals surface area contributed by atoms with Gasteiger partial charge < -0.3 is 19.1 Å². The Labute approximate surface area is 247 Å². The summed E-state index contributed by atoms with van der Waals surface area (Å²) in [6.45, 7) is 2.50. The number of hydrogen-bond acceptors (Lipinski definition) is 3. The highest BCUT2D eigenvalue weighted by molar-refractivity contribution is 9.10. The third-order valence-corrected chi connectivity index (χ3v) is 8.31. The fourth-order valence-electron chi connectivity index (χ4n) is 5.52. The summed E-state index contributed by atoms with van der Waals surface area (Å²) in [6, 6.07) is 22.8.